The predicted molar refractivity (Wildman–Crippen MR) is 88.1 cm³/mol. The summed E-state index contributed by atoms with van der Waals surface area (Å²) in [6.45, 7) is 7.10. The number of ether oxygens (including phenoxy) is 1. The van der Waals surface area contributed by atoms with E-state index in [4.69, 9.17) is 4.74 Å². The molecule has 2 saturated heterocycles. The first-order chi connectivity index (χ1) is 10.6. The van der Waals surface area contributed by atoms with Crippen molar-refractivity contribution in [3.8, 4) is 0 Å². The normalized spacial score (nSPS) is 25.8. The first-order valence-electron chi connectivity index (χ1n) is 8.60. The Balaban J connectivity index is 1.75. The second-order valence-electron chi connectivity index (χ2n) is 6.70. The van der Waals surface area contributed by atoms with Gasteiger partial charge in [-0.2, -0.15) is 0 Å². The lowest BCUT2D eigenvalue weighted by atomic mass is 9.84. The molecule has 0 saturated carbocycles. The van der Waals surface area contributed by atoms with Crippen LogP contribution in [0.1, 0.15) is 32.6 Å². The monoisotopic (exact) mass is 312 g/mol. The molecule has 0 bridgehead atoms. The summed E-state index contributed by atoms with van der Waals surface area (Å²) in [5.74, 6) is 0. The maximum atomic E-state index is 12.3. The fourth-order valence-corrected chi connectivity index (χ4v) is 3.46. The van der Waals surface area contributed by atoms with E-state index in [2.05, 4.69) is 36.6 Å². The summed E-state index contributed by atoms with van der Waals surface area (Å²) in [5, 5.41) is 6.37. The van der Waals surface area contributed by atoms with E-state index < -0.39 is 0 Å². The number of rotatable bonds is 4. The summed E-state index contributed by atoms with van der Waals surface area (Å²) in [4.78, 5) is 16.6. The zero-order valence-corrected chi connectivity index (χ0v) is 14.4. The van der Waals surface area contributed by atoms with E-state index in [1.54, 1.807) is 0 Å². The molecule has 1 unspecified atom stereocenters. The van der Waals surface area contributed by atoms with Gasteiger partial charge < -0.3 is 25.2 Å². The molecule has 0 aromatic rings. The van der Waals surface area contributed by atoms with Crippen LogP contribution in [0.25, 0.3) is 0 Å². The number of amides is 2. The average Bonchev–Trinajstić information content (AvgIpc) is 2.81. The second kappa shape index (κ2) is 8.13. The van der Waals surface area contributed by atoms with Gasteiger partial charge in [0.15, 0.2) is 0 Å². The molecule has 2 aliphatic rings. The molecule has 6 heteroatoms. The zero-order chi connectivity index (χ0) is 16.0. The highest BCUT2D eigenvalue weighted by Crippen LogP contribution is 2.30. The van der Waals surface area contributed by atoms with Crippen LogP contribution in [-0.2, 0) is 4.74 Å². The molecular weight excluding hydrogens is 280 g/mol. The molecule has 0 aliphatic carbocycles. The van der Waals surface area contributed by atoms with Gasteiger partial charge in [0, 0.05) is 38.3 Å². The Labute approximate surface area is 134 Å². The Bertz CT molecular complexity index is 346. The van der Waals surface area contributed by atoms with Crippen LogP contribution in [0.5, 0.6) is 0 Å². The van der Waals surface area contributed by atoms with Crippen LogP contribution < -0.4 is 10.6 Å². The molecule has 2 rings (SSSR count). The van der Waals surface area contributed by atoms with Crippen molar-refractivity contribution in [2.24, 2.45) is 0 Å². The Morgan fingerprint density at radius 3 is 2.77 bits per heavy atom. The van der Waals surface area contributed by atoms with Crippen molar-refractivity contribution < 1.29 is 9.53 Å². The summed E-state index contributed by atoms with van der Waals surface area (Å²) in [6, 6.07) is 0.0521. The van der Waals surface area contributed by atoms with Gasteiger partial charge in [0.2, 0.25) is 0 Å². The topological polar surface area (TPSA) is 56.8 Å². The predicted octanol–water partition coefficient (Wildman–Crippen LogP) is 0.881. The fraction of sp³-hybridized carbons (Fsp3) is 0.938. The van der Waals surface area contributed by atoms with Crippen LogP contribution in [0.2, 0.25) is 0 Å². The third-order valence-electron chi connectivity index (χ3n) is 5.29. The van der Waals surface area contributed by atoms with Crippen LogP contribution in [0, 0.1) is 0 Å². The molecule has 0 spiro atoms. The van der Waals surface area contributed by atoms with E-state index >= 15 is 0 Å². The zero-order valence-electron chi connectivity index (χ0n) is 14.4. The van der Waals surface area contributed by atoms with Crippen molar-refractivity contribution in [2.45, 2.75) is 44.2 Å². The first kappa shape index (κ1) is 17.5. The highest BCUT2D eigenvalue weighted by atomic mass is 16.5. The van der Waals surface area contributed by atoms with E-state index in [9.17, 15) is 4.79 Å². The van der Waals surface area contributed by atoms with Gasteiger partial charge in [0.1, 0.15) is 0 Å². The van der Waals surface area contributed by atoms with Crippen LogP contribution >= 0.6 is 0 Å². The molecule has 6 nitrogen and oxygen atoms in total. The first-order valence-corrected chi connectivity index (χ1v) is 8.60. The van der Waals surface area contributed by atoms with Gasteiger partial charge in [0.05, 0.1) is 6.10 Å². The average molecular weight is 312 g/mol. The highest BCUT2D eigenvalue weighted by Gasteiger charge is 2.36. The number of likely N-dealkylation sites (tertiary alicyclic amines) is 1. The quantitative estimate of drug-likeness (QED) is 0.809. The lowest BCUT2D eigenvalue weighted by molar-refractivity contribution is 0.0564. The number of carbonyl (C=O) groups excluding carboxylic acids is 1. The number of carbonyl (C=O) groups is 1. The molecule has 2 aliphatic heterocycles. The minimum Gasteiger partial charge on any atom is -0.375 e. The van der Waals surface area contributed by atoms with Gasteiger partial charge in [-0.15, -0.1) is 0 Å². The third-order valence-corrected chi connectivity index (χ3v) is 5.29. The molecule has 2 N–H and O–H groups in total. The Kier molecular flexibility index (Phi) is 6.47. The molecule has 2 heterocycles. The van der Waals surface area contributed by atoms with Gasteiger partial charge in [-0.1, -0.05) is 6.92 Å². The molecule has 22 heavy (non-hydrogen) atoms. The lowest BCUT2D eigenvalue weighted by Crippen LogP contribution is -2.55. The van der Waals surface area contributed by atoms with Gasteiger partial charge >= 0.3 is 6.03 Å². The SMILES string of the molecule is CCC1(N(C)C)CCN(C(=O)NCC2CNCCCO2)CC1. The molecular formula is C16H32N4O2. The summed E-state index contributed by atoms with van der Waals surface area (Å²) in [5.41, 5.74) is 0.255. The lowest BCUT2D eigenvalue weighted by Gasteiger charge is -2.45. The molecule has 0 aromatic heterocycles. The minimum atomic E-state index is 0.0521. The van der Waals surface area contributed by atoms with Crippen LogP contribution in [0.15, 0.2) is 0 Å². The molecule has 128 valence electrons. The maximum absolute atomic E-state index is 12.3. The summed E-state index contributed by atoms with van der Waals surface area (Å²) in [7, 11) is 4.30. The molecule has 0 radical (unpaired) electrons. The Morgan fingerprint density at radius 2 is 2.14 bits per heavy atom. The van der Waals surface area contributed by atoms with E-state index in [0.717, 1.165) is 58.5 Å². The number of nitrogens with zero attached hydrogens (tertiary/aromatic N) is 2. The number of urea groups is 1. The van der Waals surface area contributed by atoms with Crippen molar-refractivity contribution >= 4 is 6.03 Å². The van der Waals surface area contributed by atoms with E-state index in [1.807, 2.05) is 4.90 Å². The maximum Gasteiger partial charge on any atom is 0.317 e. The van der Waals surface area contributed by atoms with Gasteiger partial charge in [-0.05, 0) is 46.3 Å². The number of hydrogen-bond acceptors (Lipinski definition) is 4. The fourth-order valence-electron chi connectivity index (χ4n) is 3.46. The molecule has 2 amide bonds. The third kappa shape index (κ3) is 4.33. The molecule has 2 fully saturated rings. The number of piperidine rings is 1. The molecule has 1 atom stereocenters. The second-order valence-corrected chi connectivity index (χ2v) is 6.70. The van der Waals surface area contributed by atoms with Crippen molar-refractivity contribution in [3.63, 3.8) is 0 Å². The summed E-state index contributed by atoms with van der Waals surface area (Å²) in [6.07, 6.45) is 4.36. The van der Waals surface area contributed by atoms with Crippen molar-refractivity contribution in [1.29, 1.82) is 0 Å². The highest BCUT2D eigenvalue weighted by molar-refractivity contribution is 5.74. The summed E-state index contributed by atoms with van der Waals surface area (Å²) < 4.78 is 5.72. The Morgan fingerprint density at radius 1 is 1.41 bits per heavy atom. The van der Waals surface area contributed by atoms with Gasteiger partial charge in [-0.3, -0.25) is 0 Å². The standard InChI is InChI=1S/C16H32N4O2/c1-4-16(19(2)3)6-9-20(10-7-16)15(21)18-13-14-12-17-8-5-11-22-14/h14,17H,4-13H2,1-3H3,(H,18,21). The molecule has 0 aromatic carbocycles. The number of nitrogens with one attached hydrogen (secondary N) is 2. The van der Waals surface area contributed by atoms with Crippen LogP contribution in [0.4, 0.5) is 4.79 Å². The largest absolute Gasteiger partial charge is 0.375 e. The van der Waals surface area contributed by atoms with Crippen LogP contribution in [-0.4, -0.2) is 80.9 Å². The van der Waals surface area contributed by atoms with Crippen molar-refractivity contribution in [3.05, 3.63) is 0 Å². The Hall–Kier alpha value is -0.850. The van der Waals surface area contributed by atoms with Crippen molar-refractivity contribution in [2.75, 3.05) is 53.4 Å². The van der Waals surface area contributed by atoms with Gasteiger partial charge in [0.25, 0.3) is 0 Å². The summed E-state index contributed by atoms with van der Waals surface area (Å²) >= 11 is 0. The van der Waals surface area contributed by atoms with E-state index in [1.165, 1.54) is 0 Å². The van der Waals surface area contributed by atoms with Gasteiger partial charge in [-0.25, -0.2) is 4.79 Å². The smallest absolute Gasteiger partial charge is 0.317 e. The minimum absolute atomic E-state index is 0.0521. The van der Waals surface area contributed by atoms with Crippen molar-refractivity contribution in [1.82, 2.24) is 20.4 Å². The number of hydrogen-bond donors (Lipinski definition) is 2. The van der Waals surface area contributed by atoms with Crippen LogP contribution in [0.3, 0.4) is 0 Å². The van der Waals surface area contributed by atoms with E-state index in [0.29, 0.717) is 6.54 Å². The van der Waals surface area contributed by atoms with E-state index in [-0.39, 0.29) is 17.7 Å².